The average molecular weight is 352 g/mol. The third kappa shape index (κ3) is 3.13. The van der Waals surface area contributed by atoms with E-state index in [1.54, 1.807) is 12.1 Å². The van der Waals surface area contributed by atoms with Crippen LogP contribution in [0.4, 0.5) is 11.4 Å². The van der Waals surface area contributed by atoms with Crippen molar-refractivity contribution in [3.05, 3.63) is 69.8 Å². The number of non-ortho nitro benzene ring substituents is 1. The molecule has 136 valence electrons. The predicted molar refractivity (Wildman–Crippen MR) is 104 cm³/mol. The number of hydrogen-bond donors (Lipinski definition) is 0. The first-order chi connectivity index (χ1) is 12.5. The summed E-state index contributed by atoms with van der Waals surface area (Å²) in [6.07, 6.45) is 1.27. The molecule has 5 heteroatoms. The van der Waals surface area contributed by atoms with Crippen LogP contribution in [0.3, 0.4) is 0 Å². The predicted octanol–water partition coefficient (Wildman–Crippen LogP) is 3.71. The quantitative estimate of drug-likeness (QED) is 0.479. The second-order valence-corrected chi connectivity index (χ2v) is 7.93. The van der Waals surface area contributed by atoms with Crippen molar-refractivity contribution in [3.63, 3.8) is 0 Å². The van der Waals surface area contributed by atoms with E-state index in [4.69, 9.17) is 0 Å². The highest BCUT2D eigenvalue weighted by molar-refractivity contribution is 5.55. The second kappa shape index (κ2) is 6.49. The average Bonchev–Trinajstić information content (AvgIpc) is 3.43. The summed E-state index contributed by atoms with van der Waals surface area (Å²) in [6, 6.07) is 16.8. The molecular formula is C21H26N3O2+. The molecule has 1 heterocycles. The molecule has 1 aliphatic carbocycles. The Balaban J connectivity index is 1.43. The van der Waals surface area contributed by atoms with E-state index in [0.717, 1.165) is 36.2 Å². The first-order valence-corrected chi connectivity index (χ1v) is 9.37. The second-order valence-electron chi connectivity index (χ2n) is 7.93. The minimum atomic E-state index is -0.314. The Kier molecular flexibility index (Phi) is 4.29. The van der Waals surface area contributed by atoms with E-state index in [9.17, 15) is 10.1 Å². The number of nitro groups is 1. The van der Waals surface area contributed by atoms with E-state index in [-0.39, 0.29) is 10.6 Å². The number of benzene rings is 2. The maximum absolute atomic E-state index is 11.0. The number of nitro benzene ring substituents is 1. The van der Waals surface area contributed by atoms with Gasteiger partial charge in [0.05, 0.1) is 25.1 Å². The zero-order valence-electron chi connectivity index (χ0n) is 15.5. The summed E-state index contributed by atoms with van der Waals surface area (Å²) < 4.78 is 0.864. The molecule has 0 radical (unpaired) electrons. The van der Waals surface area contributed by atoms with E-state index in [1.165, 1.54) is 17.7 Å². The Hall–Kier alpha value is -2.24. The van der Waals surface area contributed by atoms with Gasteiger partial charge in [0.25, 0.3) is 5.69 Å². The Morgan fingerprint density at radius 3 is 2.42 bits per heavy atom. The lowest BCUT2D eigenvalue weighted by Crippen LogP contribution is -2.59. The standard InChI is InChI=1S/C21H26N3O2/c1-16-14-18(23(25)26)8-9-21(16)24(2)12-10-22(11-13-24)20-15-19(20)17-6-4-3-5-7-17/h3-9,14,19-20H,10-13,15H2,1-2H3/q+1/t19-,20+/m0/s1. The van der Waals surface area contributed by atoms with Crippen LogP contribution in [0, 0.1) is 17.0 Å². The number of likely N-dealkylation sites (N-methyl/N-ethyl adjacent to an activating group) is 1. The Labute approximate surface area is 154 Å². The van der Waals surface area contributed by atoms with Crippen LogP contribution in [0.5, 0.6) is 0 Å². The Morgan fingerprint density at radius 2 is 1.81 bits per heavy atom. The van der Waals surface area contributed by atoms with Crippen molar-refractivity contribution >= 4 is 11.4 Å². The SMILES string of the molecule is Cc1cc([N+](=O)[O-])ccc1[N+]1(C)CCN([C@@H]2C[C@H]2c2ccccc2)CC1. The smallest absolute Gasteiger partial charge is 0.270 e. The fourth-order valence-corrected chi connectivity index (χ4v) is 4.50. The van der Waals surface area contributed by atoms with Crippen LogP contribution in [-0.4, -0.2) is 49.1 Å². The zero-order chi connectivity index (χ0) is 18.3. The summed E-state index contributed by atoms with van der Waals surface area (Å²) >= 11 is 0. The lowest BCUT2D eigenvalue weighted by molar-refractivity contribution is -0.384. The van der Waals surface area contributed by atoms with Gasteiger partial charge >= 0.3 is 0 Å². The van der Waals surface area contributed by atoms with E-state index >= 15 is 0 Å². The molecule has 0 unspecified atom stereocenters. The minimum absolute atomic E-state index is 0.181. The molecule has 1 saturated carbocycles. The van der Waals surface area contributed by atoms with Gasteiger partial charge in [-0.3, -0.25) is 19.5 Å². The van der Waals surface area contributed by atoms with Crippen LogP contribution in [0.1, 0.15) is 23.5 Å². The third-order valence-corrected chi connectivity index (χ3v) is 6.19. The van der Waals surface area contributed by atoms with Gasteiger partial charge < -0.3 is 0 Å². The van der Waals surface area contributed by atoms with Gasteiger partial charge in [-0.15, -0.1) is 0 Å². The highest BCUT2D eigenvalue weighted by atomic mass is 16.6. The molecule has 2 aliphatic rings. The molecular weight excluding hydrogens is 326 g/mol. The molecule has 0 amide bonds. The highest BCUT2D eigenvalue weighted by Gasteiger charge is 2.45. The van der Waals surface area contributed by atoms with Gasteiger partial charge in [-0.1, -0.05) is 30.3 Å². The molecule has 2 aromatic rings. The van der Waals surface area contributed by atoms with Gasteiger partial charge in [-0.05, 0) is 18.9 Å². The largest absolute Gasteiger partial charge is 0.291 e. The monoisotopic (exact) mass is 352 g/mol. The van der Waals surface area contributed by atoms with Crippen molar-refractivity contribution in [1.29, 1.82) is 0 Å². The van der Waals surface area contributed by atoms with E-state index in [1.807, 2.05) is 13.0 Å². The molecule has 1 saturated heterocycles. The van der Waals surface area contributed by atoms with Gasteiger partial charge in [0.2, 0.25) is 0 Å². The molecule has 4 rings (SSSR count). The van der Waals surface area contributed by atoms with Crippen LogP contribution in [0.15, 0.2) is 48.5 Å². The molecule has 5 nitrogen and oxygen atoms in total. The van der Waals surface area contributed by atoms with Crippen molar-refractivity contribution in [1.82, 2.24) is 9.38 Å². The maximum atomic E-state index is 11.0. The van der Waals surface area contributed by atoms with Crippen LogP contribution in [0.25, 0.3) is 0 Å². The fraction of sp³-hybridized carbons (Fsp3) is 0.429. The lowest BCUT2D eigenvalue weighted by Gasteiger charge is -2.42. The number of hydrogen-bond acceptors (Lipinski definition) is 3. The summed E-state index contributed by atoms with van der Waals surface area (Å²) in [5.41, 5.74) is 3.88. The molecule has 2 fully saturated rings. The summed E-state index contributed by atoms with van der Waals surface area (Å²) in [6.45, 7) is 6.26. The molecule has 0 bridgehead atoms. The van der Waals surface area contributed by atoms with Crippen molar-refractivity contribution in [3.8, 4) is 0 Å². The normalized spacial score (nSPS) is 25.0. The van der Waals surface area contributed by atoms with E-state index < -0.39 is 0 Å². The number of rotatable bonds is 4. The topological polar surface area (TPSA) is 46.4 Å². The van der Waals surface area contributed by atoms with E-state index in [2.05, 4.69) is 42.3 Å². The molecule has 26 heavy (non-hydrogen) atoms. The minimum Gasteiger partial charge on any atom is -0.291 e. The number of quaternary nitrogens is 1. The van der Waals surface area contributed by atoms with Gasteiger partial charge in [0, 0.05) is 48.8 Å². The molecule has 0 spiro atoms. The summed E-state index contributed by atoms with van der Waals surface area (Å²) in [7, 11) is 2.26. The van der Waals surface area contributed by atoms with Crippen molar-refractivity contribution < 1.29 is 4.92 Å². The zero-order valence-corrected chi connectivity index (χ0v) is 15.5. The first-order valence-electron chi connectivity index (χ1n) is 9.37. The molecule has 0 N–H and O–H groups in total. The molecule has 2 atom stereocenters. The molecule has 0 aromatic heterocycles. The lowest BCUT2D eigenvalue weighted by atomic mass is 10.1. The van der Waals surface area contributed by atoms with Crippen molar-refractivity contribution in [2.75, 3.05) is 33.2 Å². The van der Waals surface area contributed by atoms with Crippen LogP contribution < -0.4 is 4.48 Å². The van der Waals surface area contributed by atoms with E-state index in [0.29, 0.717) is 12.0 Å². The number of aryl methyl sites for hydroxylation is 1. The van der Waals surface area contributed by atoms with Crippen molar-refractivity contribution in [2.45, 2.75) is 25.3 Å². The Bertz CT molecular complexity index is 813. The maximum Gasteiger partial charge on any atom is 0.270 e. The summed E-state index contributed by atoms with van der Waals surface area (Å²) in [4.78, 5) is 13.3. The van der Waals surface area contributed by atoms with Crippen LogP contribution in [0.2, 0.25) is 0 Å². The van der Waals surface area contributed by atoms with Gasteiger partial charge in [0.15, 0.2) is 0 Å². The first kappa shape index (κ1) is 17.2. The Morgan fingerprint density at radius 1 is 1.12 bits per heavy atom. The molecule has 1 aliphatic heterocycles. The molecule has 2 aromatic carbocycles. The fourth-order valence-electron chi connectivity index (χ4n) is 4.50. The highest BCUT2D eigenvalue weighted by Crippen LogP contribution is 2.45. The van der Waals surface area contributed by atoms with Gasteiger partial charge in [-0.25, -0.2) is 0 Å². The number of piperazine rings is 1. The van der Waals surface area contributed by atoms with Crippen LogP contribution in [-0.2, 0) is 0 Å². The number of nitrogens with zero attached hydrogens (tertiary/aromatic N) is 3. The van der Waals surface area contributed by atoms with Gasteiger partial charge in [-0.2, -0.15) is 0 Å². The summed E-state index contributed by atoms with van der Waals surface area (Å²) in [5.74, 6) is 0.689. The van der Waals surface area contributed by atoms with Gasteiger partial charge in [0.1, 0.15) is 5.69 Å². The van der Waals surface area contributed by atoms with Crippen LogP contribution >= 0.6 is 0 Å². The third-order valence-electron chi connectivity index (χ3n) is 6.19. The summed E-state index contributed by atoms with van der Waals surface area (Å²) in [5, 5.41) is 11.0. The van der Waals surface area contributed by atoms with Crippen molar-refractivity contribution in [2.24, 2.45) is 0 Å².